The van der Waals surface area contributed by atoms with Gasteiger partial charge in [0.05, 0.1) is 5.02 Å². The lowest BCUT2D eigenvalue weighted by Gasteiger charge is -2.36. The van der Waals surface area contributed by atoms with Crippen LogP contribution in [-0.4, -0.2) is 37.1 Å². The van der Waals surface area contributed by atoms with Gasteiger partial charge >= 0.3 is 6.03 Å². The summed E-state index contributed by atoms with van der Waals surface area (Å²) in [6, 6.07) is 10.5. The van der Waals surface area contributed by atoms with Crippen molar-refractivity contribution < 1.29 is 9.18 Å². The Morgan fingerprint density at radius 1 is 1.04 bits per heavy atom. The number of aryl methyl sites for hydroxylation is 2. The Bertz CT molecular complexity index is 768. The van der Waals surface area contributed by atoms with E-state index in [2.05, 4.69) is 42.3 Å². The molecule has 4 nitrogen and oxygen atoms in total. The van der Waals surface area contributed by atoms with E-state index in [0.717, 1.165) is 13.1 Å². The van der Waals surface area contributed by atoms with Gasteiger partial charge in [0, 0.05) is 37.6 Å². The molecule has 0 aromatic heterocycles. The number of halogens is 2. The number of hydrogen-bond donors (Lipinski definition) is 1. The molecular weight excluding hydrogens is 341 g/mol. The lowest BCUT2D eigenvalue weighted by Crippen LogP contribution is -2.50. The molecule has 3 rings (SSSR count). The van der Waals surface area contributed by atoms with Crippen LogP contribution in [0.5, 0.6) is 0 Å². The molecule has 1 heterocycles. The van der Waals surface area contributed by atoms with E-state index in [0.29, 0.717) is 18.8 Å². The van der Waals surface area contributed by atoms with Crippen molar-refractivity contribution >= 4 is 29.0 Å². The van der Waals surface area contributed by atoms with Crippen LogP contribution in [-0.2, 0) is 0 Å². The summed E-state index contributed by atoms with van der Waals surface area (Å²) in [5, 5.41) is 2.77. The average molecular weight is 362 g/mol. The number of hydrogen-bond acceptors (Lipinski definition) is 2. The number of piperazine rings is 1. The Balaban J connectivity index is 1.59. The number of amides is 2. The Morgan fingerprint density at radius 3 is 2.28 bits per heavy atom. The van der Waals surface area contributed by atoms with Crippen LogP contribution in [0, 0.1) is 19.7 Å². The number of benzene rings is 2. The SMILES string of the molecule is Cc1cc(C)cc(N2CCN(C(=O)Nc3ccc(F)c(Cl)c3)CC2)c1. The molecular formula is C19H21ClFN3O. The summed E-state index contributed by atoms with van der Waals surface area (Å²) in [4.78, 5) is 16.4. The second kappa shape index (κ2) is 7.31. The van der Waals surface area contributed by atoms with Crippen molar-refractivity contribution in [2.75, 3.05) is 36.4 Å². The van der Waals surface area contributed by atoms with Gasteiger partial charge in [-0.15, -0.1) is 0 Å². The maximum atomic E-state index is 13.2. The van der Waals surface area contributed by atoms with Crippen LogP contribution in [0.3, 0.4) is 0 Å². The van der Waals surface area contributed by atoms with Crippen molar-refractivity contribution in [2.24, 2.45) is 0 Å². The van der Waals surface area contributed by atoms with E-state index in [-0.39, 0.29) is 11.1 Å². The molecule has 1 fully saturated rings. The van der Waals surface area contributed by atoms with Gasteiger partial charge in [-0.3, -0.25) is 0 Å². The van der Waals surface area contributed by atoms with Crippen molar-refractivity contribution in [1.29, 1.82) is 0 Å². The number of carbonyl (C=O) groups is 1. The Kier molecular flexibility index (Phi) is 5.13. The van der Waals surface area contributed by atoms with E-state index < -0.39 is 5.82 Å². The van der Waals surface area contributed by atoms with E-state index in [1.807, 2.05) is 0 Å². The number of carbonyl (C=O) groups excluding carboxylic acids is 1. The van der Waals surface area contributed by atoms with Crippen molar-refractivity contribution in [3.05, 3.63) is 58.4 Å². The van der Waals surface area contributed by atoms with Gasteiger partial charge < -0.3 is 15.1 Å². The molecule has 0 saturated carbocycles. The van der Waals surface area contributed by atoms with Gasteiger partial charge in [-0.2, -0.15) is 0 Å². The van der Waals surface area contributed by atoms with E-state index in [4.69, 9.17) is 11.6 Å². The van der Waals surface area contributed by atoms with Crippen molar-refractivity contribution in [2.45, 2.75) is 13.8 Å². The highest BCUT2D eigenvalue weighted by atomic mass is 35.5. The van der Waals surface area contributed by atoms with Gasteiger partial charge in [0.2, 0.25) is 0 Å². The van der Waals surface area contributed by atoms with Gasteiger partial charge in [0.25, 0.3) is 0 Å². The van der Waals surface area contributed by atoms with Crippen LogP contribution in [0.4, 0.5) is 20.6 Å². The van der Waals surface area contributed by atoms with Gasteiger partial charge in [-0.05, 0) is 55.3 Å². The maximum absolute atomic E-state index is 13.2. The highest BCUT2D eigenvalue weighted by Gasteiger charge is 2.21. The molecule has 0 aliphatic carbocycles. The quantitative estimate of drug-likeness (QED) is 0.857. The fourth-order valence-electron chi connectivity index (χ4n) is 3.08. The first-order chi connectivity index (χ1) is 11.9. The van der Waals surface area contributed by atoms with E-state index in [1.54, 1.807) is 4.90 Å². The Morgan fingerprint density at radius 2 is 1.68 bits per heavy atom. The minimum Gasteiger partial charge on any atom is -0.368 e. The molecule has 132 valence electrons. The molecule has 25 heavy (non-hydrogen) atoms. The average Bonchev–Trinajstić information content (AvgIpc) is 2.57. The van der Waals surface area contributed by atoms with E-state index in [9.17, 15) is 9.18 Å². The molecule has 1 aliphatic heterocycles. The zero-order valence-electron chi connectivity index (χ0n) is 14.4. The second-order valence-corrected chi connectivity index (χ2v) is 6.79. The van der Waals surface area contributed by atoms with E-state index in [1.165, 1.54) is 35.0 Å². The molecule has 2 amide bonds. The van der Waals surface area contributed by atoms with Crippen molar-refractivity contribution in [3.8, 4) is 0 Å². The molecule has 1 N–H and O–H groups in total. The third kappa shape index (κ3) is 4.23. The van der Waals surface area contributed by atoms with Crippen LogP contribution in [0.2, 0.25) is 5.02 Å². The smallest absolute Gasteiger partial charge is 0.321 e. The number of urea groups is 1. The fourth-order valence-corrected chi connectivity index (χ4v) is 3.26. The summed E-state index contributed by atoms with van der Waals surface area (Å²) in [5.41, 5.74) is 4.17. The summed E-state index contributed by atoms with van der Waals surface area (Å²) in [7, 11) is 0. The third-order valence-electron chi connectivity index (χ3n) is 4.31. The first-order valence-electron chi connectivity index (χ1n) is 8.26. The fraction of sp³-hybridized carbons (Fsp3) is 0.316. The van der Waals surface area contributed by atoms with Crippen LogP contribution >= 0.6 is 11.6 Å². The lowest BCUT2D eigenvalue weighted by atomic mass is 10.1. The molecule has 0 atom stereocenters. The molecule has 6 heteroatoms. The zero-order valence-corrected chi connectivity index (χ0v) is 15.1. The second-order valence-electron chi connectivity index (χ2n) is 6.38. The molecule has 0 unspecified atom stereocenters. The first kappa shape index (κ1) is 17.5. The maximum Gasteiger partial charge on any atom is 0.321 e. The summed E-state index contributed by atoms with van der Waals surface area (Å²) in [6.07, 6.45) is 0. The number of anilines is 2. The summed E-state index contributed by atoms with van der Waals surface area (Å²) >= 11 is 5.75. The minimum absolute atomic E-state index is 0.00237. The summed E-state index contributed by atoms with van der Waals surface area (Å²) in [6.45, 7) is 7.00. The molecule has 2 aromatic rings. The van der Waals surface area contributed by atoms with Gasteiger partial charge in [-0.1, -0.05) is 17.7 Å². The number of nitrogens with zero attached hydrogens (tertiary/aromatic N) is 2. The zero-order chi connectivity index (χ0) is 18.0. The highest BCUT2D eigenvalue weighted by molar-refractivity contribution is 6.31. The Labute approximate surface area is 152 Å². The lowest BCUT2D eigenvalue weighted by molar-refractivity contribution is 0.208. The number of rotatable bonds is 2. The first-order valence-corrected chi connectivity index (χ1v) is 8.64. The summed E-state index contributed by atoms with van der Waals surface area (Å²) < 4.78 is 13.2. The number of nitrogens with one attached hydrogen (secondary N) is 1. The molecule has 1 aliphatic rings. The van der Waals surface area contributed by atoms with Crippen LogP contribution in [0.1, 0.15) is 11.1 Å². The van der Waals surface area contributed by atoms with Crippen molar-refractivity contribution in [3.63, 3.8) is 0 Å². The standard InChI is InChI=1S/C19H21ClFN3O/c1-13-9-14(2)11-16(10-13)23-5-7-24(8-6-23)19(25)22-15-3-4-18(21)17(20)12-15/h3-4,9-12H,5-8H2,1-2H3,(H,22,25). The summed E-state index contributed by atoms with van der Waals surface area (Å²) in [5.74, 6) is -0.498. The van der Waals surface area contributed by atoms with Gasteiger partial charge in [0.1, 0.15) is 5.82 Å². The van der Waals surface area contributed by atoms with Crippen LogP contribution in [0.25, 0.3) is 0 Å². The Hall–Kier alpha value is -2.27. The topological polar surface area (TPSA) is 35.6 Å². The largest absolute Gasteiger partial charge is 0.368 e. The van der Waals surface area contributed by atoms with Crippen LogP contribution < -0.4 is 10.2 Å². The van der Waals surface area contributed by atoms with E-state index >= 15 is 0 Å². The predicted octanol–water partition coefficient (Wildman–Crippen LogP) is 4.45. The molecule has 0 radical (unpaired) electrons. The minimum atomic E-state index is -0.498. The van der Waals surface area contributed by atoms with Gasteiger partial charge in [-0.25, -0.2) is 9.18 Å². The molecule has 2 aromatic carbocycles. The monoisotopic (exact) mass is 361 g/mol. The molecule has 0 spiro atoms. The predicted molar refractivity (Wildman–Crippen MR) is 100 cm³/mol. The van der Waals surface area contributed by atoms with Gasteiger partial charge in [0.15, 0.2) is 0 Å². The van der Waals surface area contributed by atoms with Crippen molar-refractivity contribution in [1.82, 2.24) is 4.90 Å². The molecule has 0 bridgehead atoms. The highest BCUT2D eigenvalue weighted by Crippen LogP contribution is 2.22. The van der Waals surface area contributed by atoms with Crippen LogP contribution in [0.15, 0.2) is 36.4 Å². The third-order valence-corrected chi connectivity index (χ3v) is 4.60. The normalized spacial score (nSPS) is 14.6. The molecule has 1 saturated heterocycles.